The van der Waals surface area contributed by atoms with Crippen LogP contribution in [0.2, 0.25) is 0 Å². The Morgan fingerprint density at radius 1 is 1.26 bits per heavy atom. The van der Waals surface area contributed by atoms with E-state index in [9.17, 15) is 9.59 Å². The molecule has 0 aromatic carbocycles. The van der Waals surface area contributed by atoms with Crippen molar-refractivity contribution in [2.45, 2.75) is 51.1 Å². The molecule has 23 heavy (non-hydrogen) atoms. The van der Waals surface area contributed by atoms with Crippen LogP contribution in [0.25, 0.3) is 0 Å². The van der Waals surface area contributed by atoms with E-state index in [1.807, 2.05) is 0 Å². The van der Waals surface area contributed by atoms with Crippen molar-refractivity contribution in [3.63, 3.8) is 0 Å². The first-order valence-electron chi connectivity index (χ1n) is 8.48. The molecule has 2 heterocycles. The number of piperidine rings is 1. The summed E-state index contributed by atoms with van der Waals surface area (Å²) < 4.78 is 1.71. The molecule has 0 N–H and O–H groups in total. The van der Waals surface area contributed by atoms with E-state index in [1.54, 1.807) is 25.0 Å². The molecule has 1 saturated carbocycles. The second kappa shape index (κ2) is 6.68. The van der Waals surface area contributed by atoms with Crippen molar-refractivity contribution in [2.75, 3.05) is 20.6 Å². The Labute approximate surface area is 136 Å². The molecule has 0 bridgehead atoms. The fourth-order valence-electron chi connectivity index (χ4n) is 3.17. The van der Waals surface area contributed by atoms with Gasteiger partial charge >= 0.3 is 0 Å². The predicted molar refractivity (Wildman–Crippen MR) is 84.7 cm³/mol. The van der Waals surface area contributed by atoms with Crippen LogP contribution in [0.4, 0.5) is 0 Å². The van der Waals surface area contributed by atoms with Crippen molar-refractivity contribution in [2.24, 2.45) is 5.92 Å². The van der Waals surface area contributed by atoms with Gasteiger partial charge in [0.25, 0.3) is 5.91 Å². The molecule has 1 aromatic heterocycles. The van der Waals surface area contributed by atoms with Gasteiger partial charge in [0, 0.05) is 39.1 Å². The number of rotatable bonds is 5. The monoisotopic (exact) mass is 319 g/mol. The highest BCUT2D eigenvalue weighted by molar-refractivity contribution is 5.91. The van der Waals surface area contributed by atoms with E-state index in [4.69, 9.17) is 0 Å². The number of carbonyl (C=O) groups excluding carboxylic acids is 2. The van der Waals surface area contributed by atoms with Crippen molar-refractivity contribution >= 4 is 11.8 Å². The lowest BCUT2D eigenvalue weighted by molar-refractivity contribution is -0.136. The van der Waals surface area contributed by atoms with E-state index in [1.165, 1.54) is 11.3 Å². The van der Waals surface area contributed by atoms with Crippen molar-refractivity contribution in [3.8, 4) is 0 Å². The molecule has 0 spiro atoms. The first-order valence-corrected chi connectivity index (χ1v) is 8.48. The lowest BCUT2D eigenvalue weighted by atomic mass is 9.98. The zero-order valence-corrected chi connectivity index (χ0v) is 13.9. The number of aromatic nitrogens is 3. The number of nitrogens with zero attached hydrogens (tertiary/aromatic N) is 5. The van der Waals surface area contributed by atoms with Gasteiger partial charge in [-0.15, -0.1) is 5.10 Å². The summed E-state index contributed by atoms with van der Waals surface area (Å²) in [5.41, 5.74) is 0.365. The molecule has 1 aliphatic heterocycles. The third-order valence-corrected chi connectivity index (χ3v) is 4.69. The maximum Gasteiger partial charge on any atom is 0.275 e. The number of hydrogen-bond acceptors (Lipinski definition) is 4. The summed E-state index contributed by atoms with van der Waals surface area (Å²) in [5.74, 6) is 0.488. The first kappa shape index (κ1) is 16.0. The van der Waals surface area contributed by atoms with Gasteiger partial charge in [-0.25, -0.2) is 0 Å². The van der Waals surface area contributed by atoms with Crippen LogP contribution in [0.15, 0.2) is 6.20 Å². The van der Waals surface area contributed by atoms with Gasteiger partial charge in [0.2, 0.25) is 5.91 Å². The van der Waals surface area contributed by atoms with Crippen LogP contribution in [0.3, 0.4) is 0 Å². The topological polar surface area (TPSA) is 71.3 Å². The third kappa shape index (κ3) is 3.71. The van der Waals surface area contributed by atoms with Gasteiger partial charge in [0.1, 0.15) is 0 Å². The number of hydrogen-bond donors (Lipinski definition) is 0. The van der Waals surface area contributed by atoms with E-state index in [0.29, 0.717) is 24.2 Å². The molecule has 1 unspecified atom stereocenters. The molecule has 2 amide bonds. The summed E-state index contributed by atoms with van der Waals surface area (Å²) in [6, 6.07) is 0.300. The van der Waals surface area contributed by atoms with Crippen LogP contribution in [0.1, 0.15) is 49.0 Å². The molecule has 7 nitrogen and oxygen atoms in total. The Balaban J connectivity index is 1.58. The fraction of sp³-hybridized carbons (Fsp3) is 0.750. The minimum absolute atomic E-state index is 0.139. The number of carbonyl (C=O) groups is 2. The average molecular weight is 319 g/mol. The smallest absolute Gasteiger partial charge is 0.275 e. The third-order valence-electron chi connectivity index (χ3n) is 4.69. The minimum atomic E-state index is -0.139. The number of amides is 2. The molecule has 0 radical (unpaired) electrons. The molecule has 1 saturated heterocycles. The second-order valence-electron chi connectivity index (χ2n) is 6.81. The molecule has 7 heteroatoms. The van der Waals surface area contributed by atoms with Gasteiger partial charge in [-0.1, -0.05) is 5.21 Å². The van der Waals surface area contributed by atoms with Crippen molar-refractivity contribution in [1.82, 2.24) is 24.8 Å². The lowest BCUT2D eigenvalue weighted by Crippen LogP contribution is -2.45. The van der Waals surface area contributed by atoms with Crippen LogP contribution < -0.4 is 0 Å². The van der Waals surface area contributed by atoms with Crippen LogP contribution in [0, 0.1) is 5.92 Å². The van der Waals surface area contributed by atoms with E-state index < -0.39 is 0 Å². The van der Waals surface area contributed by atoms with E-state index in [-0.39, 0.29) is 11.8 Å². The highest BCUT2D eigenvalue weighted by atomic mass is 16.2. The summed E-state index contributed by atoms with van der Waals surface area (Å²) in [7, 11) is 3.40. The zero-order chi connectivity index (χ0) is 16.4. The molecule has 1 aromatic rings. The summed E-state index contributed by atoms with van der Waals surface area (Å²) >= 11 is 0. The van der Waals surface area contributed by atoms with Crippen molar-refractivity contribution in [1.29, 1.82) is 0 Å². The molecule has 2 fully saturated rings. The van der Waals surface area contributed by atoms with Crippen LogP contribution in [-0.2, 0) is 11.3 Å². The van der Waals surface area contributed by atoms with Crippen molar-refractivity contribution < 1.29 is 9.59 Å². The highest BCUT2D eigenvalue weighted by Crippen LogP contribution is 2.33. The van der Waals surface area contributed by atoms with Gasteiger partial charge < -0.3 is 9.80 Å². The average Bonchev–Trinajstić information content (AvgIpc) is 3.30. The Morgan fingerprint density at radius 3 is 2.74 bits per heavy atom. The Hall–Kier alpha value is -1.92. The molecule has 2 aliphatic rings. The van der Waals surface area contributed by atoms with Crippen LogP contribution in [0.5, 0.6) is 0 Å². The summed E-state index contributed by atoms with van der Waals surface area (Å²) in [5, 5.41) is 7.97. The van der Waals surface area contributed by atoms with Gasteiger partial charge in [-0.2, -0.15) is 0 Å². The van der Waals surface area contributed by atoms with Gasteiger partial charge in [-0.3, -0.25) is 14.3 Å². The first-order chi connectivity index (χ1) is 11.1. The highest BCUT2D eigenvalue weighted by Gasteiger charge is 2.37. The SMILES string of the molecule is CN(C)C(=O)c1cn(CCC2CCCCN2C(=O)C2CC2)nn1. The Bertz CT molecular complexity index is 579. The van der Waals surface area contributed by atoms with Crippen LogP contribution in [-0.4, -0.2) is 63.3 Å². The maximum atomic E-state index is 12.4. The maximum absolute atomic E-state index is 12.4. The standard InChI is InChI=1S/C16H25N5O2/c1-19(2)16(23)14-11-20(18-17-14)10-8-13-5-3-4-9-21(13)15(22)12-6-7-12/h11-13H,3-10H2,1-2H3. The van der Waals surface area contributed by atoms with Gasteiger partial charge in [0.05, 0.1) is 6.20 Å². The molecule has 3 rings (SSSR count). The molecular formula is C16H25N5O2. The molecular weight excluding hydrogens is 294 g/mol. The predicted octanol–water partition coefficient (Wildman–Crippen LogP) is 1.16. The molecule has 1 aliphatic carbocycles. The fourth-order valence-corrected chi connectivity index (χ4v) is 3.17. The van der Waals surface area contributed by atoms with Gasteiger partial charge in [0.15, 0.2) is 5.69 Å². The Morgan fingerprint density at radius 2 is 2.04 bits per heavy atom. The second-order valence-corrected chi connectivity index (χ2v) is 6.81. The number of aryl methyl sites for hydroxylation is 1. The van der Waals surface area contributed by atoms with E-state index in [2.05, 4.69) is 15.2 Å². The largest absolute Gasteiger partial charge is 0.343 e. The lowest BCUT2D eigenvalue weighted by Gasteiger charge is -2.36. The summed E-state index contributed by atoms with van der Waals surface area (Å²) in [4.78, 5) is 27.8. The summed E-state index contributed by atoms with van der Waals surface area (Å²) in [6.45, 7) is 1.58. The molecule has 126 valence electrons. The summed E-state index contributed by atoms with van der Waals surface area (Å²) in [6.07, 6.45) is 8.04. The minimum Gasteiger partial charge on any atom is -0.343 e. The van der Waals surface area contributed by atoms with E-state index >= 15 is 0 Å². The van der Waals surface area contributed by atoms with Gasteiger partial charge in [-0.05, 0) is 38.5 Å². The zero-order valence-electron chi connectivity index (χ0n) is 13.9. The quantitative estimate of drug-likeness (QED) is 0.816. The van der Waals surface area contributed by atoms with Crippen molar-refractivity contribution in [3.05, 3.63) is 11.9 Å². The Kier molecular flexibility index (Phi) is 4.63. The number of likely N-dealkylation sites (tertiary alicyclic amines) is 1. The van der Waals surface area contributed by atoms with Crippen LogP contribution >= 0.6 is 0 Å². The van der Waals surface area contributed by atoms with E-state index in [0.717, 1.165) is 38.6 Å². The molecule has 1 atom stereocenters. The normalized spacial score (nSPS) is 21.3.